The predicted molar refractivity (Wildman–Crippen MR) is 73.6 cm³/mol. The van der Waals surface area contributed by atoms with E-state index in [4.69, 9.17) is 4.74 Å². The van der Waals surface area contributed by atoms with E-state index in [-0.39, 0.29) is 6.10 Å². The molecule has 2 saturated carbocycles. The zero-order valence-corrected chi connectivity index (χ0v) is 11.7. The van der Waals surface area contributed by atoms with Crippen LogP contribution >= 0.6 is 0 Å². The van der Waals surface area contributed by atoms with Gasteiger partial charge in [0, 0.05) is 12.6 Å². The first-order chi connectivity index (χ1) is 8.74. The summed E-state index contributed by atoms with van der Waals surface area (Å²) in [6.07, 6.45) is 10.4. The van der Waals surface area contributed by atoms with Gasteiger partial charge >= 0.3 is 0 Å². The van der Waals surface area contributed by atoms with Crippen LogP contribution in [0.4, 0.5) is 0 Å². The fraction of sp³-hybridized carbons (Fsp3) is 1.00. The van der Waals surface area contributed by atoms with Crippen molar-refractivity contribution in [1.29, 1.82) is 0 Å². The Morgan fingerprint density at radius 3 is 2.56 bits per heavy atom. The van der Waals surface area contributed by atoms with Crippen LogP contribution in [-0.4, -0.2) is 36.5 Å². The van der Waals surface area contributed by atoms with Crippen molar-refractivity contribution in [3.8, 4) is 0 Å². The van der Waals surface area contributed by atoms with Gasteiger partial charge in [0.25, 0.3) is 0 Å². The Labute approximate surface area is 111 Å². The van der Waals surface area contributed by atoms with Gasteiger partial charge in [0.05, 0.1) is 18.8 Å². The van der Waals surface area contributed by atoms with Crippen molar-refractivity contribution in [2.75, 3.05) is 13.2 Å². The Morgan fingerprint density at radius 2 is 1.89 bits per heavy atom. The summed E-state index contributed by atoms with van der Waals surface area (Å²) in [7, 11) is 0. The monoisotopic (exact) mass is 255 g/mol. The molecule has 0 heterocycles. The third-order valence-electron chi connectivity index (χ3n) is 4.16. The zero-order chi connectivity index (χ0) is 12.8. The topological polar surface area (TPSA) is 41.5 Å². The number of nitrogens with one attached hydrogen (secondary N) is 1. The van der Waals surface area contributed by atoms with Crippen molar-refractivity contribution >= 4 is 0 Å². The predicted octanol–water partition coefficient (Wildman–Crippen LogP) is 2.47. The minimum absolute atomic E-state index is 0.353. The second kappa shape index (κ2) is 7.46. The first kappa shape index (κ1) is 14.3. The molecule has 0 aliphatic heterocycles. The first-order valence-corrected chi connectivity index (χ1v) is 7.77. The van der Waals surface area contributed by atoms with Gasteiger partial charge in [-0.2, -0.15) is 0 Å². The molecule has 0 aromatic rings. The van der Waals surface area contributed by atoms with E-state index in [0.717, 1.165) is 5.92 Å². The van der Waals surface area contributed by atoms with E-state index in [0.29, 0.717) is 25.3 Å². The van der Waals surface area contributed by atoms with Crippen molar-refractivity contribution in [1.82, 2.24) is 5.32 Å². The third kappa shape index (κ3) is 5.68. The maximum atomic E-state index is 9.89. The normalized spacial score (nSPS) is 25.0. The molecule has 2 atom stereocenters. The summed E-state index contributed by atoms with van der Waals surface area (Å²) in [5, 5.41) is 13.3. The Balaban J connectivity index is 1.49. The molecule has 2 aliphatic carbocycles. The minimum atomic E-state index is -0.353. The van der Waals surface area contributed by atoms with Crippen LogP contribution < -0.4 is 5.32 Å². The molecule has 2 unspecified atom stereocenters. The van der Waals surface area contributed by atoms with Crippen LogP contribution in [0.1, 0.15) is 58.3 Å². The zero-order valence-electron chi connectivity index (χ0n) is 11.7. The van der Waals surface area contributed by atoms with Crippen molar-refractivity contribution in [3.63, 3.8) is 0 Å². The molecule has 2 rings (SSSR count). The van der Waals surface area contributed by atoms with E-state index in [9.17, 15) is 5.11 Å². The number of rotatable bonds is 8. The Morgan fingerprint density at radius 1 is 1.17 bits per heavy atom. The molecule has 0 aromatic carbocycles. The molecule has 3 heteroatoms. The standard InChI is InChI=1S/C15H29NO2/c1-12(9-13-7-8-13)16-10-14(17)11-18-15-5-3-2-4-6-15/h12-17H,2-11H2,1H3. The van der Waals surface area contributed by atoms with Crippen molar-refractivity contribution in [2.45, 2.75) is 76.5 Å². The van der Waals surface area contributed by atoms with Gasteiger partial charge in [-0.1, -0.05) is 32.1 Å². The summed E-state index contributed by atoms with van der Waals surface area (Å²) in [5.74, 6) is 0.947. The molecule has 0 spiro atoms. The molecule has 18 heavy (non-hydrogen) atoms. The summed E-state index contributed by atoms with van der Waals surface area (Å²) in [6.45, 7) is 3.38. The van der Waals surface area contributed by atoms with Crippen LogP contribution in [0.25, 0.3) is 0 Å². The molecule has 0 aromatic heterocycles. The van der Waals surface area contributed by atoms with Gasteiger partial charge in [0.1, 0.15) is 0 Å². The summed E-state index contributed by atoms with van der Waals surface area (Å²) < 4.78 is 5.78. The molecule has 0 saturated heterocycles. The molecule has 2 N–H and O–H groups in total. The summed E-state index contributed by atoms with van der Waals surface area (Å²) in [4.78, 5) is 0. The molecule has 2 aliphatic rings. The number of aliphatic hydroxyl groups is 1. The van der Waals surface area contributed by atoms with Crippen molar-refractivity contribution in [2.24, 2.45) is 5.92 Å². The summed E-state index contributed by atoms with van der Waals surface area (Å²) in [6, 6.07) is 0.529. The molecule has 0 radical (unpaired) electrons. The highest BCUT2D eigenvalue weighted by atomic mass is 16.5. The Bertz CT molecular complexity index is 225. The van der Waals surface area contributed by atoms with Crippen molar-refractivity contribution < 1.29 is 9.84 Å². The van der Waals surface area contributed by atoms with Gasteiger partial charge in [-0.05, 0) is 32.1 Å². The van der Waals surface area contributed by atoms with Gasteiger partial charge in [-0.25, -0.2) is 0 Å². The summed E-state index contributed by atoms with van der Waals surface area (Å²) >= 11 is 0. The maximum absolute atomic E-state index is 9.89. The van der Waals surface area contributed by atoms with E-state index < -0.39 is 0 Å². The van der Waals surface area contributed by atoms with Crippen LogP contribution in [0.5, 0.6) is 0 Å². The van der Waals surface area contributed by atoms with Gasteiger partial charge in [0.15, 0.2) is 0 Å². The van der Waals surface area contributed by atoms with Crippen LogP contribution in [0.15, 0.2) is 0 Å². The lowest BCUT2D eigenvalue weighted by Crippen LogP contribution is -2.37. The molecule has 106 valence electrons. The van der Waals surface area contributed by atoms with Gasteiger partial charge < -0.3 is 15.2 Å². The quantitative estimate of drug-likeness (QED) is 0.700. The van der Waals surface area contributed by atoms with E-state index in [1.54, 1.807) is 0 Å². The smallest absolute Gasteiger partial charge is 0.0897 e. The second-order valence-electron chi connectivity index (χ2n) is 6.24. The number of hydrogen-bond acceptors (Lipinski definition) is 3. The van der Waals surface area contributed by atoms with Crippen LogP contribution in [0.3, 0.4) is 0 Å². The van der Waals surface area contributed by atoms with E-state index in [1.807, 2.05) is 0 Å². The largest absolute Gasteiger partial charge is 0.389 e. The average Bonchev–Trinajstić information content (AvgIpc) is 3.19. The molecule has 2 fully saturated rings. The molecule has 0 bridgehead atoms. The van der Waals surface area contributed by atoms with Gasteiger partial charge in [-0.15, -0.1) is 0 Å². The Kier molecular flexibility index (Phi) is 5.93. The summed E-state index contributed by atoms with van der Waals surface area (Å²) in [5.41, 5.74) is 0. The SMILES string of the molecule is CC(CC1CC1)NCC(O)COC1CCCCC1. The average molecular weight is 255 g/mol. The highest BCUT2D eigenvalue weighted by molar-refractivity contribution is 4.78. The number of aliphatic hydroxyl groups excluding tert-OH is 1. The van der Waals surface area contributed by atoms with Crippen LogP contribution in [-0.2, 0) is 4.74 Å². The highest BCUT2D eigenvalue weighted by Gasteiger charge is 2.23. The lowest BCUT2D eigenvalue weighted by atomic mass is 9.98. The third-order valence-corrected chi connectivity index (χ3v) is 4.16. The van der Waals surface area contributed by atoms with Crippen LogP contribution in [0.2, 0.25) is 0 Å². The van der Waals surface area contributed by atoms with Crippen LogP contribution in [0, 0.1) is 5.92 Å². The molecule has 3 nitrogen and oxygen atoms in total. The lowest BCUT2D eigenvalue weighted by Gasteiger charge is -2.24. The number of hydrogen-bond donors (Lipinski definition) is 2. The number of ether oxygens (including phenoxy) is 1. The molecular formula is C15H29NO2. The fourth-order valence-corrected chi connectivity index (χ4v) is 2.81. The van der Waals surface area contributed by atoms with Crippen molar-refractivity contribution in [3.05, 3.63) is 0 Å². The molecule has 0 amide bonds. The minimum Gasteiger partial charge on any atom is -0.389 e. The first-order valence-electron chi connectivity index (χ1n) is 7.77. The lowest BCUT2D eigenvalue weighted by molar-refractivity contribution is -0.0235. The van der Waals surface area contributed by atoms with E-state index in [2.05, 4.69) is 12.2 Å². The van der Waals surface area contributed by atoms with E-state index in [1.165, 1.54) is 51.4 Å². The second-order valence-corrected chi connectivity index (χ2v) is 6.24. The van der Waals surface area contributed by atoms with Gasteiger partial charge in [-0.3, -0.25) is 0 Å². The van der Waals surface area contributed by atoms with Gasteiger partial charge in [0.2, 0.25) is 0 Å². The highest BCUT2D eigenvalue weighted by Crippen LogP contribution is 2.33. The van der Waals surface area contributed by atoms with E-state index >= 15 is 0 Å². The maximum Gasteiger partial charge on any atom is 0.0897 e. The molecular weight excluding hydrogens is 226 g/mol. The Hall–Kier alpha value is -0.120. The fourth-order valence-electron chi connectivity index (χ4n) is 2.81.